The van der Waals surface area contributed by atoms with Gasteiger partial charge in [0, 0.05) is 18.5 Å². The Morgan fingerprint density at radius 1 is 1.14 bits per heavy atom. The lowest BCUT2D eigenvalue weighted by Gasteiger charge is -2.15. The molecule has 0 bridgehead atoms. The number of esters is 1. The van der Waals surface area contributed by atoms with E-state index in [1.165, 1.54) is 10.9 Å². The average Bonchev–Trinajstić information content (AvgIpc) is 2.69. The first kappa shape index (κ1) is 19.3. The number of nitrogens with two attached hydrogens (primary N) is 1. The first-order valence-corrected chi connectivity index (χ1v) is 8.96. The van der Waals surface area contributed by atoms with Gasteiger partial charge in [-0.25, -0.2) is 4.98 Å². The van der Waals surface area contributed by atoms with E-state index in [0.29, 0.717) is 29.4 Å². The number of hydrogen-bond donors (Lipinski definition) is 1. The Kier molecular flexibility index (Phi) is 5.84. The zero-order valence-electron chi connectivity index (χ0n) is 15.5. The predicted molar refractivity (Wildman–Crippen MR) is 104 cm³/mol. The highest BCUT2D eigenvalue weighted by molar-refractivity contribution is 5.83. The predicted octanol–water partition coefficient (Wildman–Crippen LogP) is 2.25. The molecule has 1 amide bonds. The SMILES string of the molecule is Cc1cccc2c(=O)n(CCCC(=O)O[C@@H](C(N)=O)c3ccccc3)cnc12. The van der Waals surface area contributed by atoms with Crippen molar-refractivity contribution in [2.75, 3.05) is 0 Å². The van der Waals surface area contributed by atoms with E-state index in [-0.39, 0.29) is 12.0 Å². The summed E-state index contributed by atoms with van der Waals surface area (Å²) in [6.45, 7) is 2.22. The lowest BCUT2D eigenvalue weighted by molar-refractivity contribution is -0.155. The number of ether oxygens (including phenoxy) is 1. The van der Waals surface area contributed by atoms with Gasteiger partial charge in [-0.2, -0.15) is 0 Å². The van der Waals surface area contributed by atoms with Crippen LogP contribution in [0.4, 0.5) is 0 Å². The van der Waals surface area contributed by atoms with Crippen molar-refractivity contribution in [2.45, 2.75) is 32.4 Å². The number of amides is 1. The second kappa shape index (κ2) is 8.47. The minimum Gasteiger partial charge on any atom is -0.447 e. The molecule has 0 aliphatic heterocycles. The molecule has 7 nitrogen and oxygen atoms in total. The van der Waals surface area contributed by atoms with Gasteiger partial charge in [-0.1, -0.05) is 42.5 Å². The van der Waals surface area contributed by atoms with Gasteiger partial charge in [-0.15, -0.1) is 0 Å². The van der Waals surface area contributed by atoms with Crippen molar-refractivity contribution in [1.29, 1.82) is 0 Å². The maximum atomic E-state index is 12.6. The van der Waals surface area contributed by atoms with E-state index < -0.39 is 18.0 Å². The molecule has 1 atom stereocenters. The summed E-state index contributed by atoms with van der Waals surface area (Å²) in [5.74, 6) is -1.28. The van der Waals surface area contributed by atoms with Crippen LogP contribution in [0, 0.1) is 6.92 Å². The van der Waals surface area contributed by atoms with Gasteiger partial charge in [0.25, 0.3) is 11.5 Å². The summed E-state index contributed by atoms with van der Waals surface area (Å²) in [6, 6.07) is 14.1. The highest BCUT2D eigenvalue weighted by Crippen LogP contribution is 2.18. The molecule has 0 spiro atoms. The van der Waals surface area contributed by atoms with E-state index in [0.717, 1.165) is 5.56 Å². The van der Waals surface area contributed by atoms with E-state index in [2.05, 4.69) is 4.98 Å². The molecule has 3 rings (SSSR count). The van der Waals surface area contributed by atoms with E-state index >= 15 is 0 Å². The van der Waals surface area contributed by atoms with Crippen LogP contribution in [0.15, 0.2) is 59.7 Å². The summed E-state index contributed by atoms with van der Waals surface area (Å²) in [4.78, 5) is 40.6. The molecule has 0 aliphatic rings. The molecular formula is C21H21N3O4. The van der Waals surface area contributed by atoms with Crippen LogP contribution in [-0.4, -0.2) is 21.4 Å². The third-order valence-electron chi connectivity index (χ3n) is 4.45. The van der Waals surface area contributed by atoms with Crippen LogP contribution >= 0.6 is 0 Å². The summed E-state index contributed by atoms with van der Waals surface area (Å²) in [5.41, 5.74) is 7.33. The molecule has 28 heavy (non-hydrogen) atoms. The Morgan fingerprint density at radius 2 is 1.89 bits per heavy atom. The number of rotatable bonds is 7. The molecule has 1 heterocycles. The van der Waals surface area contributed by atoms with E-state index in [9.17, 15) is 14.4 Å². The summed E-state index contributed by atoms with van der Waals surface area (Å²) >= 11 is 0. The van der Waals surface area contributed by atoms with Crippen LogP contribution in [0.5, 0.6) is 0 Å². The first-order chi connectivity index (χ1) is 13.5. The second-order valence-electron chi connectivity index (χ2n) is 6.50. The van der Waals surface area contributed by atoms with Crippen LogP contribution < -0.4 is 11.3 Å². The number of benzene rings is 2. The van der Waals surface area contributed by atoms with Crippen LogP contribution in [0.3, 0.4) is 0 Å². The number of aryl methyl sites for hydroxylation is 2. The molecule has 3 aromatic rings. The summed E-state index contributed by atoms with van der Waals surface area (Å²) in [5, 5.41) is 0.544. The minimum absolute atomic E-state index is 0.0505. The van der Waals surface area contributed by atoms with E-state index in [1.807, 2.05) is 19.1 Å². The van der Waals surface area contributed by atoms with Crippen LogP contribution in [0.25, 0.3) is 10.9 Å². The fourth-order valence-corrected chi connectivity index (χ4v) is 3.00. The van der Waals surface area contributed by atoms with Crippen molar-refractivity contribution in [3.8, 4) is 0 Å². The summed E-state index contributed by atoms with van der Waals surface area (Å²) in [6.07, 6.45) is 0.785. The van der Waals surface area contributed by atoms with Gasteiger partial charge in [0.05, 0.1) is 17.2 Å². The maximum absolute atomic E-state index is 12.6. The molecule has 1 aromatic heterocycles. The number of aromatic nitrogens is 2. The van der Waals surface area contributed by atoms with Crippen molar-refractivity contribution in [3.63, 3.8) is 0 Å². The van der Waals surface area contributed by atoms with Gasteiger partial charge in [-0.3, -0.25) is 19.0 Å². The van der Waals surface area contributed by atoms with Gasteiger partial charge < -0.3 is 10.5 Å². The topological polar surface area (TPSA) is 104 Å². The number of primary amides is 1. The fraction of sp³-hybridized carbons (Fsp3) is 0.238. The fourth-order valence-electron chi connectivity index (χ4n) is 3.00. The minimum atomic E-state index is -1.12. The number of nitrogens with zero attached hydrogens (tertiary/aromatic N) is 2. The van der Waals surface area contributed by atoms with Crippen molar-refractivity contribution >= 4 is 22.8 Å². The summed E-state index contributed by atoms with van der Waals surface area (Å²) in [7, 11) is 0. The molecule has 0 unspecified atom stereocenters. The monoisotopic (exact) mass is 379 g/mol. The lowest BCUT2D eigenvalue weighted by atomic mass is 10.1. The second-order valence-corrected chi connectivity index (χ2v) is 6.50. The third-order valence-corrected chi connectivity index (χ3v) is 4.45. The zero-order valence-corrected chi connectivity index (χ0v) is 15.5. The number of carbonyl (C=O) groups is 2. The molecule has 0 radical (unpaired) electrons. The van der Waals surface area contributed by atoms with Gasteiger partial charge in [-0.05, 0) is 25.0 Å². The average molecular weight is 379 g/mol. The number of carbonyl (C=O) groups excluding carboxylic acids is 2. The van der Waals surface area contributed by atoms with Crippen LogP contribution in [0.2, 0.25) is 0 Å². The molecule has 0 aliphatic carbocycles. The highest BCUT2D eigenvalue weighted by Gasteiger charge is 2.22. The molecule has 7 heteroatoms. The lowest BCUT2D eigenvalue weighted by Crippen LogP contribution is -2.26. The molecule has 0 saturated heterocycles. The molecule has 0 saturated carbocycles. The van der Waals surface area contributed by atoms with Gasteiger partial charge in [0.15, 0.2) is 0 Å². The molecule has 144 valence electrons. The van der Waals surface area contributed by atoms with Gasteiger partial charge >= 0.3 is 5.97 Å². The number of hydrogen-bond acceptors (Lipinski definition) is 5. The van der Waals surface area contributed by atoms with Crippen molar-refractivity contribution in [3.05, 3.63) is 76.3 Å². The normalized spacial score (nSPS) is 11.9. The van der Waals surface area contributed by atoms with E-state index in [1.54, 1.807) is 36.4 Å². The van der Waals surface area contributed by atoms with Gasteiger partial charge in [0.2, 0.25) is 6.10 Å². The molecule has 2 N–H and O–H groups in total. The van der Waals surface area contributed by atoms with Crippen molar-refractivity contribution < 1.29 is 14.3 Å². The van der Waals surface area contributed by atoms with Crippen LogP contribution in [-0.2, 0) is 20.9 Å². The molecule has 0 fully saturated rings. The standard InChI is InChI=1S/C21H21N3O4/c1-14-7-5-10-16-18(14)23-13-24(21(16)27)12-6-11-17(25)28-19(20(22)26)15-8-3-2-4-9-15/h2-5,7-10,13,19H,6,11-12H2,1H3,(H2,22,26)/t19-/m1/s1. The summed E-state index contributed by atoms with van der Waals surface area (Å²) < 4.78 is 6.71. The largest absolute Gasteiger partial charge is 0.447 e. The highest BCUT2D eigenvalue weighted by atomic mass is 16.5. The van der Waals surface area contributed by atoms with Crippen LogP contribution in [0.1, 0.15) is 30.1 Å². The zero-order chi connectivity index (χ0) is 20.1. The quantitative estimate of drug-likeness (QED) is 0.634. The van der Waals surface area contributed by atoms with E-state index in [4.69, 9.17) is 10.5 Å². The Bertz CT molecular complexity index is 1060. The molecular weight excluding hydrogens is 358 g/mol. The Hall–Kier alpha value is -3.48. The van der Waals surface area contributed by atoms with Gasteiger partial charge in [0.1, 0.15) is 0 Å². The number of fused-ring (bicyclic) bond motifs is 1. The van der Waals surface area contributed by atoms with Crippen molar-refractivity contribution in [1.82, 2.24) is 9.55 Å². The smallest absolute Gasteiger partial charge is 0.306 e. The Balaban J connectivity index is 1.62. The third kappa shape index (κ3) is 4.25. The number of para-hydroxylation sites is 1. The Morgan fingerprint density at radius 3 is 2.61 bits per heavy atom. The Labute approximate surface area is 161 Å². The maximum Gasteiger partial charge on any atom is 0.306 e. The first-order valence-electron chi connectivity index (χ1n) is 8.96. The molecule has 2 aromatic carbocycles. The van der Waals surface area contributed by atoms with Crippen molar-refractivity contribution in [2.24, 2.45) is 5.73 Å².